The highest BCUT2D eigenvalue weighted by Crippen LogP contribution is 2.40. The number of hydrogen-bond donors (Lipinski definition) is 1. The third-order valence-corrected chi connectivity index (χ3v) is 8.02. The van der Waals surface area contributed by atoms with Crippen molar-refractivity contribution in [3.8, 4) is 10.4 Å². The van der Waals surface area contributed by atoms with Gasteiger partial charge in [0.1, 0.15) is 10.7 Å². The molecule has 1 unspecified atom stereocenters. The smallest absolute Gasteiger partial charge is 0.350 e. The first-order chi connectivity index (χ1) is 16.4. The molecule has 2 saturated carbocycles. The Labute approximate surface area is 210 Å². The molecule has 0 saturated heterocycles. The maximum atomic E-state index is 12.6. The van der Waals surface area contributed by atoms with Crippen LogP contribution in [0.2, 0.25) is 0 Å². The molecule has 2 bridgehead atoms. The van der Waals surface area contributed by atoms with Gasteiger partial charge in [-0.25, -0.2) is 4.79 Å². The fourth-order valence-corrected chi connectivity index (χ4v) is 5.98. The number of amides is 1. The quantitative estimate of drug-likeness (QED) is 0.476. The second-order valence-corrected chi connectivity index (χ2v) is 10.6. The number of esters is 2. The van der Waals surface area contributed by atoms with Gasteiger partial charge >= 0.3 is 11.9 Å². The molecule has 1 N–H and O–H groups in total. The number of thiophene rings is 1. The Morgan fingerprint density at radius 3 is 2.41 bits per heavy atom. The molecule has 3 atom stereocenters. The summed E-state index contributed by atoms with van der Waals surface area (Å²) < 4.78 is 11.4. The highest BCUT2D eigenvalue weighted by Gasteiger charge is 2.41. The van der Waals surface area contributed by atoms with Crippen LogP contribution in [-0.2, 0) is 23.9 Å². The van der Waals surface area contributed by atoms with Crippen LogP contribution < -0.4 is 5.32 Å². The predicted octanol–water partition coefficient (Wildman–Crippen LogP) is 5.23. The van der Waals surface area contributed by atoms with Crippen molar-refractivity contribution in [1.29, 1.82) is 0 Å². The van der Waals surface area contributed by atoms with Gasteiger partial charge in [-0.2, -0.15) is 0 Å². The van der Waals surface area contributed by atoms with E-state index in [4.69, 9.17) is 9.47 Å². The molecule has 1 heterocycles. The Kier molecular flexibility index (Phi) is 7.83. The van der Waals surface area contributed by atoms with Crippen molar-refractivity contribution in [2.24, 2.45) is 17.8 Å². The molecular formula is C25H26BrNO6S. The molecule has 0 spiro atoms. The molecule has 180 valence electrons. The van der Waals surface area contributed by atoms with E-state index in [0.29, 0.717) is 18.5 Å². The van der Waals surface area contributed by atoms with Crippen molar-refractivity contribution in [3.05, 3.63) is 39.7 Å². The Hall–Kier alpha value is -2.52. The molecule has 2 fully saturated rings. The minimum Gasteiger partial charge on any atom is -0.462 e. The molecule has 1 aromatic heterocycles. The summed E-state index contributed by atoms with van der Waals surface area (Å²) >= 11 is 4.62. The van der Waals surface area contributed by atoms with Gasteiger partial charge in [-0.1, -0.05) is 34.5 Å². The second-order valence-electron chi connectivity index (χ2n) is 8.63. The lowest BCUT2D eigenvalue weighted by Gasteiger charge is -2.36. The number of benzene rings is 1. The zero-order chi connectivity index (χ0) is 24.2. The third kappa shape index (κ3) is 5.58. The van der Waals surface area contributed by atoms with Crippen LogP contribution in [0.3, 0.4) is 0 Å². The molecule has 7 nitrogen and oxygen atoms in total. The van der Waals surface area contributed by atoms with E-state index in [9.17, 15) is 19.2 Å². The summed E-state index contributed by atoms with van der Waals surface area (Å²) in [7, 11) is 0. The number of hydrogen-bond acceptors (Lipinski definition) is 7. The van der Waals surface area contributed by atoms with E-state index in [1.54, 1.807) is 13.0 Å². The molecule has 34 heavy (non-hydrogen) atoms. The summed E-state index contributed by atoms with van der Waals surface area (Å²) in [6.07, 6.45) is 3.69. The van der Waals surface area contributed by atoms with Crippen molar-refractivity contribution in [2.75, 3.05) is 18.5 Å². The van der Waals surface area contributed by atoms with Gasteiger partial charge in [0.25, 0.3) is 5.91 Å². The van der Waals surface area contributed by atoms with E-state index in [1.807, 2.05) is 24.3 Å². The average molecular weight is 548 g/mol. The van der Waals surface area contributed by atoms with Crippen LogP contribution >= 0.6 is 27.3 Å². The van der Waals surface area contributed by atoms with E-state index < -0.39 is 24.5 Å². The summed E-state index contributed by atoms with van der Waals surface area (Å²) in [4.78, 5) is 50.9. The van der Waals surface area contributed by atoms with Gasteiger partial charge in [-0.15, -0.1) is 11.3 Å². The van der Waals surface area contributed by atoms with Crippen LogP contribution in [0.4, 0.5) is 5.69 Å². The SMILES string of the molecule is CCOC(=O)c1sc(-c2ccc(Br)cc2)cc1NC(=O)COC(=O)C1C[C@H]2CCC[C@@H](C1)C2=O. The molecule has 2 aliphatic carbocycles. The zero-order valence-corrected chi connectivity index (χ0v) is 21.2. The maximum absolute atomic E-state index is 12.6. The van der Waals surface area contributed by atoms with Crippen molar-refractivity contribution in [2.45, 2.75) is 39.0 Å². The van der Waals surface area contributed by atoms with Crippen molar-refractivity contribution in [1.82, 2.24) is 0 Å². The molecule has 2 aromatic rings. The monoisotopic (exact) mass is 547 g/mol. The summed E-state index contributed by atoms with van der Waals surface area (Å²) in [6, 6.07) is 9.31. The number of Topliss-reactive ketones (excluding diaryl/α,β-unsaturated/α-hetero) is 1. The Bertz CT molecular complexity index is 1080. The lowest BCUT2D eigenvalue weighted by atomic mass is 9.67. The highest BCUT2D eigenvalue weighted by atomic mass is 79.9. The number of halogens is 1. The minimum atomic E-state index is -0.536. The van der Waals surface area contributed by atoms with Crippen LogP contribution in [0.5, 0.6) is 0 Å². The standard InChI is InChI=1S/C25H26BrNO6S/c1-2-32-25(31)23-19(12-20(34-23)14-6-8-18(26)9-7-14)27-21(28)13-33-24(30)17-10-15-4-3-5-16(11-17)22(15)29/h6-9,12,15-17H,2-5,10-11,13H2,1H3,(H,27,28)/t15-,16+,17?. The number of anilines is 1. The fraction of sp³-hybridized carbons (Fsp3) is 0.440. The fourth-order valence-electron chi connectivity index (χ4n) is 4.70. The van der Waals surface area contributed by atoms with Gasteiger partial charge in [0.05, 0.1) is 18.2 Å². The van der Waals surface area contributed by atoms with Crippen LogP contribution in [0.15, 0.2) is 34.8 Å². The Morgan fingerprint density at radius 1 is 1.09 bits per heavy atom. The number of rotatable bonds is 7. The zero-order valence-electron chi connectivity index (χ0n) is 18.8. The number of ether oxygens (including phenoxy) is 2. The summed E-state index contributed by atoms with van der Waals surface area (Å²) in [5, 5.41) is 2.69. The van der Waals surface area contributed by atoms with E-state index >= 15 is 0 Å². The third-order valence-electron chi connectivity index (χ3n) is 6.32. The molecule has 2 aliphatic rings. The molecule has 0 aliphatic heterocycles. The number of ketones is 1. The Balaban J connectivity index is 1.40. The topological polar surface area (TPSA) is 98.8 Å². The van der Waals surface area contributed by atoms with E-state index in [-0.39, 0.29) is 35.0 Å². The van der Waals surface area contributed by atoms with Gasteiger partial charge in [0.2, 0.25) is 0 Å². The summed E-state index contributed by atoms with van der Waals surface area (Å²) in [5.41, 5.74) is 1.21. The minimum absolute atomic E-state index is 0.0612. The second kappa shape index (κ2) is 10.8. The molecule has 0 radical (unpaired) electrons. The highest BCUT2D eigenvalue weighted by molar-refractivity contribution is 9.10. The predicted molar refractivity (Wildman–Crippen MR) is 132 cm³/mol. The molecular weight excluding hydrogens is 522 g/mol. The molecule has 1 amide bonds. The average Bonchev–Trinajstić information content (AvgIpc) is 3.21. The van der Waals surface area contributed by atoms with E-state index in [1.165, 1.54) is 11.3 Å². The van der Waals surface area contributed by atoms with Crippen LogP contribution in [-0.4, -0.2) is 36.8 Å². The number of nitrogens with one attached hydrogen (secondary N) is 1. The van der Waals surface area contributed by atoms with E-state index in [0.717, 1.165) is 34.2 Å². The Morgan fingerprint density at radius 2 is 1.76 bits per heavy atom. The van der Waals surface area contributed by atoms with Gasteiger partial charge in [0, 0.05) is 21.2 Å². The van der Waals surface area contributed by atoms with Crippen molar-refractivity contribution >= 4 is 56.6 Å². The van der Waals surface area contributed by atoms with Crippen molar-refractivity contribution < 1.29 is 28.7 Å². The van der Waals surface area contributed by atoms with Crippen LogP contribution in [0.1, 0.15) is 48.7 Å². The summed E-state index contributed by atoms with van der Waals surface area (Å²) in [6.45, 7) is 1.47. The first-order valence-electron chi connectivity index (χ1n) is 11.4. The van der Waals surface area contributed by atoms with E-state index in [2.05, 4.69) is 21.2 Å². The first kappa shape index (κ1) is 24.6. The van der Waals surface area contributed by atoms with Gasteiger partial charge in [-0.3, -0.25) is 14.4 Å². The first-order valence-corrected chi connectivity index (χ1v) is 13.0. The van der Waals surface area contributed by atoms with Gasteiger partial charge in [-0.05, 0) is 56.4 Å². The molecule has 1 aromatic carbocycles. The largest absolute Gasteiger partial charge is 0.462 e. The maximum Gasteiger partial charge on any atom is 0.350 e. The van der Waals surface area contributed by atoms with Crippen molar-refractivity contribution in [3.63, 3.8) is 0 Å². The number of carbonyl (C=O) groups is 4. The van der Waals surface area contributed by atoms with Gasteiger partial charge < -0.3 is 14.8 Å². The summed E-state index contributed by atoms with van der Waals surface area (Å²) in [5.74, 6) is -1.69. The van der Waals surface area contributed by atoms with Crippen LogP contribution in [0.25, 0.3) is 10.4 Å². The van der Waals surface area contributed by atoms with Gasteiger partial charge in [0.15, 0.2) is 6.61 Å². The molecule has 4 rings (SSSR count). The van der Waals surface area contributed by atoms with Crippen LogP contribution in [0, 0.1) is 17.8 Å². The number of carbonyl (C=O) groups excluding carboxylic acids is 4. The normalized spacial score (nSPS) is 21.6. The lowest BCUT2D eigenvalue weighted by molar-refractivity contribution is -0.155. The molecule has 9 heteroatoms. The number of fused-ring (bicyclic) bond motifs is 2. The lowest BCUT2D eigenvalue weighted by Crippen LogP contribution is -2.40.